The van der Waals surface area contributed by atoms with Crippen LogP contribution in [0.25, 0.3) is 17.0 Å². The van der Waals surface area contributed by atoms with E-state index in [1.54, 1.807) is 11.3 Å². The van der Waals surface area contributed by atoms with Gasteiger partial charge in [0.25, 0.3) is 0 Å². The molecule has 4 nitrogen and oxygen atoms in total. The molecule has 0 aliphatic heterocycles. The predicted octanol–water partition coefficient (Wildman–Crippen LogP) is 5.49. The first-order valence-corrected chi connectivity index (χ1v) is 8.88. The van der Waals surface area contributed by atoms with E-state index in [1.165, 1.54) is 5.56 Å². The van der Waals surface area contributed by atoms with Crippen LogP contribution in [0.15, 0.2) is 54.0 Å². The highest BCUT2D eigenvalue weighted by Crippen LogP contribution is 2.30. The number of halogens is 1. The zero-order valence-corrected chi connectivity index (χ0v) is 15.7. The minimum Gasteiger partial charge on any atom is -0.331 e. The molecule has 1 aromatic carbocycles. The van der Waals surface area contributed by atoms with Gasteiger partial charge in [0.05, 0.1) is 11.4 Å². The van der Waals surface area contributed by atoms with Crippen molar-refractivity contribution in [1.82, 2.24) is 14.4 Å². The number of aromatic nitrogens is 3. The molecule has 0 aliphatic carbocycles. The fraction of sp³-hybridized carbons (Fsp3) is 0.158. The SMILES string of the molecule is CCc1ccccc1Nc1nc(-c2c(C)nc3ccccn23)cs1.Cl. The van der Waals surface area contributed by atoms with E-state index in [0.29, 0.717) is 0 Å². The quantitative estimate of drug-likeness (QED) is 0.516. The number of thiazole rings is 1. The normalized spacial score (nSPS) is 10.6. The van der Waals surface area contributed by atoms with E-state index in [2.05, 4.69) is 45.2 Å². The fourth-order valence-electron chi connectivity index (χ4n) is 2.93. The number of hydrogen-bond acceptors (Lipinski definition) is 4. The van der Waals surface area contributed by atoms with Crippen LogP contribution in [0.2, 0.25) is 0 Å². The molecule has 128 valence electrons. The lowest BCUT2D eigenvalue weighted by atomic mass is 10.1. The Balaban J connectivity index is 0.00000182. The molecule has 0 bridgehead atoms. The number of benzene rings is 1. The van der Waals surface area contributed by atoms with E-state index < -0.39 is 0 Å². The Kier molecular flexibility index (Phi) is 5.06. The molecule has 0 aliphatic rings. The number of anilines is 2. The van der Waals surface area contributed by atoms with E-state index >= 15 is 0 Å². The summed E-state index contributed by atoms with van der Waals surface area (Å²) in [5, 5.41) is 6.43. The monoisotopic (exact) mass is 370 g/mol. The first kappa shape index (κ1) is 17.5. The molecule has 0 fully saturated rings. The minimum atomic E-state index is 0. The summed E-state index contributed by atoms with van der Waals surface area (Å²) < 4.78 is 2.09. The van der Waals surface area contributed by atoms with Crippen LogP contribution in [0, 0.1) is 6.92 Å². The Morgan fingerprint density at radius 3 is 2.72 bits per heavy atom. The number of aryl methyl sites for hydroxylation is 2. The van der Waals surface area contributed by atoms with Gasteiger partial charge in [0.15, 0.2) is 5.13 Å². The lowest BCUT2D eigenvalue weighted by Gasteiger charge is -2.07. The first-order valence-electron chi connectivity index (χ1n) is 8.01. The maximum atomic E-state index is 4.78. The highest BCUT2D eigenvalue weighted by Gasteiger charge is 2.14. The summed E-state index contributed by atoms with van der Waals surface area (Å²) in [5.74, 6) is 0. The number of imidazole rings is 1. The Morgan fingerprint density at radius 2 is 1.88 bits per heavy atom. The van der Waals surface area contributed by atoms with Crippen LogP contribution in [-0.2, 0) is 6.42 Å². The molecule has 6 heteroatoms. The number of nitrogens with one attached hydrogen (secondary N) is 1. The molecule has 3 aromatic heterocycles. The molecule has 3 heterocycles. The topological polar surface area (TPSA) is 42.2 Å². The van der Waals surface area contributed by atoms with Gasteiger partial charge in [-0.1, -0.05) is 31.2 Å². The second-order valence-corrected chi connectivity index (χ2v) is 6.51. The van der Waals surface area contributed by atoms with Crippen LogP contribution in [0.1, 0.15) is 18.2 Å². The fourth-order valence-corrected chi connectivity index (χ4v) is 3.64. The van der Waals surface area contributed by atoms with E-state index in [4.69, 9.17) is 4.98 Å². The van der Waals surface area contributed by atoms with Crippen LogP contribution in [-0.4, -0.2) is 14.4 Å². The molecule has 0 radical (unpaired) electrons. The number of hydrogen-bond donors (Lipinski definition) is 1. The Morgan fingerprint density at radius 1 is 1.08 bits per heavy atom. The molecule has 4 aromatic rings. The molecule has 0 amide bonds. The van der Waals surface area contributed by atoms with Crippen molar-refractivity contribution in [1.29, 1.82) is 0 Å². The highest BCUT2D eigenvalue weighted by atomic mass is 35.5. The molecular formula is C19H19ClN4S. The number of rotatable bonds is 4. The third kappa shape index (κ3) is 3.25. The second kappa shape index (κ2) is 7.25. The highest BCUT2D eigenvalue weighted by molar-refractivity contribution is 7.14. The van der Waals surface area contributed by atoms with Crippen molar-refractivity contribution in [3.8, 4) is 11.4 Å². The maximum Gasteiger partial charge on any atom is 0.187 e. The Bertz CT molecular complexity index is 1010. The third-order valence-electron chi connectivity index (χ3n) is 4.09. The smallest absolute Gasteiger partial charge is 0.187 e. The largest absolute Gasteiger partial charge is 0.331 e. The summed E-state index contributed by atoms with van der Waals surface area (Å²) in [7, 11) is 0. The first-order chi connectivity index (χ1) is 11.8. The van der Waals surface area contributed by atoms with E-state index in [-0.39, 0.29) is 12.4 Å². The van der Waals surface area contributed by atoms with Crippen molar-refractivity contribution in [2.24, 2.45) is 0 Å². The molecule has 0 spiro atoms. The number of fused-ring (bicyclic) bond motifs is 1. The van der Waals surface area contributed by atoms with Gasteiger partial charge in [-0.25, -0.2) is 9.97 Å². The van der Waals surface area contributed by atoms with Crippen molar-refractivity contribution < 1.29 is 0 Å². The zero-order valence-electron chi connectivity index (χ0n) is 14.1. The van der Waals surface area contributed by atoms with E-state index in [1.807, 2.05) is 37.4 Å². The predicted molar refractivity (Wildman–Crippen MR) is 107 cm³/mol. The molecular weight excluding hydrogens is 352 g/mol. The Hall–Kier alpha value is -2.37. The average Bonchev–Trinajstić information content (AvgIpc) is 3.18. The van der Waals surface area contributed by atoms with E-state index in [0.717, 1.165) is 40.0 Å². The molecule has 0 saturated carbocycles. The van der Waals surface area contributed by atoms with Crippen molar-refractivity contribution in [2.45, 2.75) is 20.3 Å². The average molecular weight is 371 g/mol. The summed E-state index contributed by atoms with van der Waals surface area (Å²) in [6.45, 7) is 4.19. The molecule has 0 atom stereocenters. The molecule has 25 heavy (non-hydrogen) atoms. The number of nitrogens with zero attached hydrogens (tertiary/aromatic N) is 3. The van der Waals surface area contributed by atoms with Crippen molar-refractivity contribution in [2.75, 3.05) is 5.32 Å². The molecule has 0 unspecified atom stereocenters. The number of para-hydroxylation sites is 1. The summed E-state index contributed by atoms with van der Waals surface area (Å²) in [5.41, 5.74) is 6.36. The van der Waals surface area contributed by atoms with Crippen LogP contribution < -0.4 is 5.32 Å². The zero-order chi connectivity index (χ0) is 16.5. The van der Waals surface area contributed by atoms with Crippen LogP contribution in [0.3, 0.4) is 0 Å². The summed E-state index contributed by atoms with van der Waals surface area (Å²) in [6, 6.07) is 14.4. The van der Waals surface area contributed by atoms with Gasteiger partial charge in [0.1, 0.15) is 11.3 Å². The summed E-state index contributed by atoms with van der Waals surface area (Å²) in [4.78, 5) is 9.40. The second-order valence-electron chi connectivity index (χ2n) is 5.65. The van der Waals surface area contributed by atoms with Gasteiger partial charge < -0.3 is 5.32 Å². The van der Waals surface area contributed by atoms with Gasteiger partial charge >= 0.3 is 0 Å². The van der Waals surface area contributed by atoms with Gasteiger partial charge in [-0.2, -0.15) is 0 Å². The molecule has 1 N–H and O–H groups in total. The minimum absolute atomic E-state index is 0. The van der Waals surface area contributed by atoms with E-state index in [9.17, 15) is 0 Å². The van der Waals surface area contributed by atoms with Crippen molar-refractivity contribution >= 4 is 40.2 Å². The van der Waals surface area contributed by atoms with Gasteiger partial charge in [-0.3, -0.25) is 4.40 Å². The lowest BCUT2D eigenvalue weighted by molar-refractivity contribution is 1.14. The third-order valence-corrected chi connectivity index (χ3v) is 4.85. The van der Waals surface area contributed by atoms with Crippen molar-refractivity contribution in [3.63, 3.8) is 0 Å². The standard InChI is InChI=1S/C19H18N4S.ClH/c1-3-14-8-4-5-9-15(14)21-19-22-16(12-24-19)18-13(2)20-17-10-6-7-11-23(17)18;/h4-12H,3H2,1-2H3,(H,21,22);1H. The van der Waals surface area contributed by atoms with Crippen LogP contribution in [0.4, 0.5) is 10.8 Å². The summed E-state index contributed by atoms with van der Waals surface area (Å²) >= 11 is 1.62. The Labute approximate surface area is 157 Å². The van der Waals surface area contributed by atoms with Crippen LogP contribution >= 0.6 is 23.7 Å². The van der Waals surface area contributed by atoms with Gasteiger partial charge in [-0.05, 0) is 37.1 Å². The lowest BCUT2D eigenvalue weighted by Crippen LogP contribution is -1.95. The van der Waals surface area contributed by atoms with Crippen LogP contribution in [0.5, 0.6) is 0 Å². The summed E-state index contributed by atoms with van der Waals surface area (Å²) in [6.07, 6.45) is 3.03. The maximum absolute atomic E-state index is 4.78. The molecule has 0 saturated heterocycles. The van der Waals surface area contributed by atoms with Gasteiger partial charge in [0.2, 0.25) is 0 Å². The van der Waals surface area contributed by atoms with Crippen molar-refractivity contribution in [3.05, 3.63) is 65.3 Å². The van der Waals surface area contributed by atoms with Gasteiger partial charge in [-0.15, -0.1) is 23.7 Å². The molecule has 4 rings (SSSR count). The van der Waals surface area contributed by atoms with Gasteiger partial charge in [0, 0.05) is 17.3 Å². The number of pyridine rings is 1.